The number of hydrogen-bond acceptors (Lipinski definition) is 5. The maximum Gasteiger partial charge on any atom is 0.275 e. The van der Waals surface area contributed by atoms with Gasteiger partial charge in [-0.15, -0.1) is 12.6 Å². The predicted molar refractivity (Wildman–Crippen MR) is 109 cm³/mol. The van der Waals surface area contributed by atoms with E-state index in [1.54, 1.807) is 39.0 Å². The van der Waals surface area contributed by atoms with Crippen LogP contribution in [0.25, 0.3) is 0 Å². The molecule has 2 aromatic rings. The van der Waals surface area contributed by atoms with Crippen molar-refractivity contribution in [2.75, 3.05) is 5.94 Å². The fourth-order valence-electron chi connectivity index (χ4n) is 2.18. The number of carbonyl (C=O) groups excluding carboxylic acids is 2. The fourth-order valence-corrected chi connectivity index (χ4v) is 2.60. The van der Waals surface area contributed by atoms with Crippen LogP contribution < -0.4 is 10.2 Å². The summed E-state index contributed by atoms with van der Waals surface area (Å²) in [5, 5.41) is 1.81. The Labute approximate surface area is 173 Å². The summed E-state index contributed by atoms with van der Waals surface area (Å²) < 4.78 is 5.26. The van der Waals surface area contributed by atoms with Gasteiger partial charge in [-0.3, -0.25) is 15.0 Å². The molecule has 1 heterocycles. The molecular formula is C18H19Cl2N3O3S. The van der Waals surface area contributed by atoms with E-state index < -0.39 is 17.4 Å². The highest BCUT2D eigenvalue weighted by atomic mass is 35.5. The van der Waals surface area contributed by atoms with E-state index in [1.807, 2.05) is 0 Å². The molecule has 1 aromatic heterocycles. The van der Waals surface area contributed by atoms with Crippen molar-refractivity contribution < 1.29 is 14.3 Å². The van der Waals surface area contributed by atoms with Gasteiger partial charge in [0.1, 0.15) is 11.5 Å². The number of ether oxygens (including phenoxy) is 1. The molecule has 0 spiro atoms. The van der Waals surface area contributed by atoms with Gasteiger partial charge < -0.3 is 4.74 Å². The number of nitrogens with zero attached hydrogens (tertiary/aromatic N) is 2. The van der Waals surface area contributed by atoms with E-state index in [1.165, 1.54) is 23.3 Å². The summed E-state index contributed by atoms with van der Waals surface area (Å²) in [5.74, 6) is -0.790. The first-order valence-electron chi connectivity index (χ1n) is 7.94. The van der Waals surface area contributed by atoms with Crippen LogP contribution in [0.2, 0.25) is 10.0 Å². The van der Waals surface area contributed by atoms with Crippen LogP contribution in [0.4, 0.5) is 0 Å². The lowest BCUT2D eigenvalue weighted by molar-refractivity contribution is 0.0357. The number of benzene rings is 1. The van der Waals surface area contributed by atoms with Crippen molar-refractivity contribution in [1.82, 2.24) is 15.4 Å². The number of hydrazine groups is 1. The maximum absolute atomic E-state index is 13.0. The second-order valence-electron chi connectivity index (χ2n) is 6.51. The van der Waals surface area contributed by atoms with Crippen LogP contribution in [0.15, 0.2) is 36.5 Å². The largest absolute Gasteiger partial charge is 0.466 e. The monoisotopic (exact) mass is 427 g/mol. The molecule has 0 aliphatic carbocycles. The molecule has 0 aliphatic rings. The van der Waals surface area contributed by atoms with Gasteiger partial charge in [0.2, 0.25) is 5.88 Å². The van der Waals surface area contributed by atoms with Gasteiger partial charge in [0.05, 0.1) is 15.6 Å². The van der Waals surface area contributed by atoms with Crippen LogP contribution in [0.1, 0.15) is 41.5 Å². The lowest BCUT2D eigenvalue weighted by Gasteiger charge is -2.35. The second kappa shape index (κ2) is 8.82. The van der Waals surface area contributed by atoms with E-state index in [4.69, 9.17) is 27.9 Å². The molecule has 144 valence electrons. The molecule has 0 bridgehead atoms. The third kappa shape index (κ3) is 5.28. The average Bonchev–Trinajstić information content (AvgIpc) is 2.61. The third-order valence-electron chi connectivity index (χ3n) is 3.47. The van der Waals surface area contributed by atoms with Gasteiger partial charge in [-0.05, 0) is 51.1 Å². The van der Waals surface area contributed by atoms with Gasteiger partial charge >= 0.3 is 0 Å². The zero-order valence-corrected chi connectivity index (χ0v) is 17.4. The Morgan fingerprint density at radius 1 is 1.22 bits per heavy atom. The molecule has 1 N–H and O–H groups in total. The standard InChI is InChI=1S/C18H19Cl2N3O3S/c1-18(2,3)23(17(25)11-6-7-13(19)14(20)9-11)22-15(24)12-5-4-8-21-16(12)26-10-27/h4-9,27H,10H2,1-3H3,(H,22,24). The Bertz CT molecular complexity index is 856. The average molecular weight is 428 g/mol. The maximum atomic E-state index is 13.0. The van der Waals surface area contributed by atoms with Crippen LogP contribution in [0, 0.1) is 0 Å². The molecule has 0 aliphatic heterocycles. The molecule has 27 heavy (non-hydrogen) atoms. The van der Waals surface area contributed by atoms with E-state index >= 15 is 0 Å². The van der Waals surface area contributed by atoms with Crippen molar-refractivity contribution in [3.05, 3.63) is 57.7 Å². The second-order valence-corrected chi connectivity index (χ2v) is 7.58. The van der Waals surface area contributed by atoms with Gasteiger partial charge in [0.25, 0.3) is 11.8 Å². The molecule has 0 saturated heterocycles. The first-order chi connectivity index (χ1) is 12.6. The van der Waals surface area contributed by atoms with Crippen molar-refractivity contribution >= 4 is 47.6 Å². The Morgan fingerprint density at radius 2 is 1.93 bits per heavy atom. The number of aromatic nitrogens is 1. The summed E-state index contributed by atoms with van der Waals surface area (Å²) in [4.78, 5) is 29.8. The van der Waals surface area contributed by atoms with Gasteiger partial charge in [-0.1, -0.05) is 23.2 Å². The lowest BCUT2D eigenvalue weighted by atomic mass is 10.1. The van der Waals surface area contributed by atoms with Gasteiger partial charge in [-0.2, -0.15) is 0 Å². The fraction of sp³-hybridized carbons (Fsp3) is 0.278. The molecule has 9 heteroatoms. The topological polar surface area (TPSA) is 71.5 Å². The summed E-state index contributed by atoms with van der Waals surface area (Å²) >= 11 is 15.9. The number of rotatable bonds is 4. The number of amides is 2. The number of pyridine rings is 1. The zero-order chi connectivity index (χ0) is 20.2. The Hall–Kier alpha value is -1.96. The number of hydrogen-bond donors (Lipinski definition) is 2. The summed E-state index contributed by atoms with van der Waals surface area (Å²) in [6, 6.07) is 7.67. The molecular weight excluding hydrogens is 409 g/mol. The van der Waals surface area contributed by atoms with Gasteiger partial charge in [0.15, 0.2) is 0 Å². The molecule has 2 amide bonds. The zero-order valence-electron chi connectivity index (χ0n) is 15.0. The lowest BCUT2D eigenvalue weighted by Crippen LogP contribution is -2.55. The van der Waals surface area contributed by atoms with E-state index in [9.17, 15) is 9.59 Å². The highest BCUT2D eigenvalue weighted by molar-refractivity contribution is 7.80. The summed E-state index contributed by atoms with van der Waals surface area (Å²) in [6.45, 7) is 5.37. The van der Waals surface area contributed by atoms with Crippen molar-refractivity contribution in [1.29, 1.82) is 0 Å². The predicted octanol–water partition coefficient (Wildman–Crippen LogP) is 4.24. The summed E-state index contributed by atoms with van der Waals surface area (Å²) in [7, 11) is 0. The Balaban J connectivity index is 2.34. The van der Waals surface area contributed by atoms with E-state index in [0.29, 0.717) is 5.02 Å². The minimum atomic E-state index is -0.717. The minimum absolute atomic E-state index is 0.0580. The van der Waals surface area contributed by atoms with Crippen LogP contribution in [0.5, 0.6) is 5.88 Å². The van der Waals surface area contributed by atoms with Crippen LogP contribution >= 0.6 is 35.8 Å². The SMILES string of the molecule is CC(C)(C)N(NC(=O)c1cccnc1OCS)C(=O)c1ccc(Cl)c(Cl)c1. The first kappa shape index (κ1) is 21.3. The normalized spacial score (nSPS) is 11.0. The smallest absolute Gasteiger partial charge is 0.275 e. The number of carbonyl (C=O) groups is 2. The molecule has 6 nitrogen and oxygen atoms in total. The van der Waals surface area contributed by atoms with Crippen molar-refractivity contribution in [3.8, 4) is 5.88 Å². The van der Waals surface area contributed by atoms with E-state index in [2.05, 4.69) is 23.0 Å². The van der Waals surface area contributed by atoms with E-state index in [0.717, 1.165) is 0 Å². The van der Waals surface area contributed by atoms with Crippen LogP contribution in [-0.2, 0) is 0 Å². The molecule has 2 rings (SSSR count). The summed E-state index contributed by atoms with van der Waals surface area (Å²) in [6.07, 6.45) is 1.50. The van der Waals surface area contributed by atoms with Gasteiger partial charge in [0, 0.05) is 11.8 Å². The molecule has 0 saturated carbocycles. The highest BCUT2D eigenvalue weighted by Gasteiger charge is 2.30. The van der Waals surface area contributed by atoms with Crippen molar-refractivity contribution in [2.45, 2.75) is 26.3 Å². The molecule has 0 fully saturated rings. The molecule has 1 aromatic carbocycles. The first-order valence-corrected chi connectivity index (χ1v) is 9.33. The molecule has 0 unspecified atom stereocenters. The molecule has 0 atom stereocenters. The van der Waals surface area contributed by atoms with Crippen molar-refractivity contribution in [3.63, 3.8) is 0 Å². The number of nitrogens with one attached hydrogen (secondary N) is 1. The highest BCUT2D eigenvalue weighted by Crippen LogP contribution is 2.25. The van der Waals surface area contributed by atoms with Crippen molar-refractivity contribution in [2.24, 2.45) is 0 Å². The third-order valence-corrected chi connectivity index (χ3v) is 4.34. The van der Waals surface area contributed by atoms with Crippen LogP contribution in [-0.4, -0.2) is 33.3 Å². The molecule has 0 radical (unpaired) electrons. The number of halogens is 2. The quantitative estimate of drug-likeness (QED) is 0.434. The Kier molecular flexibility index (Phi) is 6.97. The van der Waals surface area contributed by atoms with E-state index in [-0.39, 0.29) is 28.0 Å². The number of thiol groups is 1. The van der Waals surface area contributed by atoms with Crippen LogP contribution in [0.3, 0.4) is 0 Å². The Morgan fingerprint density at radius 3 is 2.52 bits per heavy atom. The van der Waals surface area contributed by atoms with Gasteiger partial charge in [-0.25, -0.2) is 9.99 Å². The minimum Gasteiger partial charge on any atom is -0.466 e. The summed E-state index contributed by atoms with van der Waals surface area (Å²) in [5.41, 5.74) is 2.38.